The molecule has 0 saturated carbocycles. The summed E-state index contributed by atoms with van der Waals surface area (Å²) < 4.78 is 0. The number of hydrogen-bond acceptors (Lipinski definition) is 1. The Kier molecular flexibility index (Phi) is 5.47. The van der Waals surface area contributed by atoms with Gasteiger partial charge in [-0.3, -0.25) is 4.79 Å². The zero-order valence-corrected chi connectivity index (χ0v) is 10.7. The first-order valence-electron chi connectivity index (χ1n) is 6.12. The average molecular weight is 231 g/mol. The van der Waals surface area contributed by atoms with E-state index in [-0.39, 0.29) is 11.9 Å². The molecule has 2 nitrogen and oxygen atoms in total. The van der Waals surface area contributed by atoms with Crippen molar-refractivity contribution in [3.63, 3.8) is 0 Å². The number of carbonyl (C=O) groups excluding carboxylic acids is 1. The molecule has 1 aromatic rings. The van der Waals surface area contributed by atoms with Gasteiger partial charge < -0.3 is 4.90 Å². The summed E-state index contributed by atoms with van der Waals surface area (Å²) >= 11 is 0. The van der Waals surface area contributed by atoms with E-state index in [1.54, 1.807) is 6.92 Å². The van der Waals surface area contributed by atoms with Crippen LogP contribution in [-0.4, -0.2) is 16.8 Å². The SMILES string of the molecule is C=CC(CCC)N(Cc1ccccc1)C(C)=O. The largest absolute Gasteiger partial charge is 0.332 e. The lowest BCUT2D eigenvalue weighted by Crippen LogP contribution is -2.37. The van der Waals surface area contributed by atoms with Crippen molar-refractivity contribution in [2.75, 3.05) is 0 Å². The van der Waals surface area contributed by atoms with Gasteiger partial charge in [-0.05, 0) is 12.0 Å². The third kappa shape index (κ3) is 4.06. The van der Waals surface area contributed by atoms with Crippen LogP contribution < -0.4 is 0 Å². The van der Waals surface area contributed by atoms with E-state index in [4.69, 9.17) is 0 Å². The summed E-state index contributed by atoms with van der Waals surface area (Å²) in [5.41, 5.74) is 1.16. The summed E-state index contributed by atoms with van der Waals surface area (Å²) in [6, 6.07) is 10.2. The summed E-state index contributed by atoms with van der Waals surface area (Å²) in [5.74, 6) is 0.104. The summed E-state index contributed by atoms with van der Waals surface area (Å²) in [4.78, 5) is 13.6. The molecule has 17 heavy (non-hydrogen) atoms. The number of nitrogens with zero attached hydrogens (tertiary/aromatic N) is 1. The highest BCUT2D eigenvalue weighted by molar-refractivity contribution is 5.73. The Labute approximate surface area is 104 Å². The van der Waals surface area contributed by atoms with Crippen LogP contribution in [0.2, 0.25) is 0 Å². The monoisotopic (exact) mass is 231 g/mol. The molecule has 0 N–H and O–H groups in total. The summed E-state index contributed by atoms with van der Waals surface area (Å²) in [5, 5.41) is 0. The predicted molar refractivity (Wildman–Crippen MR) is 71.6 cm³/mol. The fourth-order valence-electron chi connectivity index (χ4n) is 1.94. The van der Waals surface area contributed by atoms with E-state index >= 15 is 0 Å². The van der Waals surface area contributed by atoms with Crippen molar-refractivity contribution in [1.82, 2.24) is 4.90 Å². The van der Waals surface area contributed by atoms with E-state index in [1.165, 1.54) is 0 Å². The molecule has 1 rings (SSSR count). The van der Waals surface area contributed by atoms with Crippen molar-refractivity contribution < 1.29 is 4.79 Å². The number of carbonyl (C=O) groups is 1. The fourth-order valence-corrected chi connectivity index (χ4v) is 1.94. The van der Waals surface area contributed by atoms with Gasteiger partial charge >= 0.3 is 0 Å². The first kappa shape index (κ1) is 13.5. The van der Waals surface area contributed by atoms with E-state index in [0.29, 0.717) is 6.54 Å². The van der Waals surface area contributed by atoms with Crippen LogP contribution in [0.5, 0.6) is 0 Å². The number of hydrogen-bond donors (Lipinski definition) is 0. The van der Waals surface area contributed by atoms with Crippen LogP contribution in [0.25, 0.3) is 0 Å². The molecule has 0 radical (unpaired) electrons. The lowest BCUT2D eigenvalue weighted by Gasteiger charge is -2.28. The van der Waals surface area contributed by atoms with Crippen LogP contribution in [0.4, 0.5) is 0 Å². The molecule has 0 heterocycles. The average Bonchev–Trinajstić information content (AvgIpc) is 2.34. The topological polar surface area (TPSA) is 20.3 Å². The molecular weight excluding hydrogens is 210 g/mol. The van der Waals surface area contributed by atoms with Crippen LogP contribution in [-0.2, 0) is 11.3 Å². The fraction of sp³-hybridized carbons (Fsp3) is 0.400. The van der Waals surface area contributed by atoms with Gasteiger partial charge in [0.2, 0.25) is 5.91 Å². The van der Waals surface area contributed by atoms with Crippen LogP contribution >= 0.6 is 0 Å². The van der Waals surface area contributed by atoms with Gasteiger partial charge in [-0.2, -0.15) is 0 Å². The molecule has 0 spiro atoms. The lowest BCUT2D eigenvalue weighted by molar-refractivity contribution is -0.131. The number of benzene rings is 1. The van der Waals surface area contributed by atoms with Crippen molar-refractivity contribution in [2.24, 2.45) is 0 Å². The zero-order chi connectivity index (χ0) is 12.7. The molecule has 1 aromatic carbocycles. The van der Waals surface area contributed by atoms with E-state index in [1.807, 2.05) is 41.3 Å². The van der Waals surface area contributed by atoms with E-state index in [0.717, 1.165) is 18.4 Å². The highest BCUT2D eigenvalue weighted by Crippen LogP contribution is 2.13. The smallest absolute Gasteiger partial charge is 0.220 e. The molecule has 92 valence electrons. The minimum Gasteiger partial charge on any atom is -0.332 e. The van der Waals surface area contributed by atoms with Crippen LogP contribution in [0.1, 0.15) is 32.3 Å². The van der Waals surface area contributed by atoms with E-state index in [2.05, 4.69) is 13.5 Å². The van der Waals surface area contributed by atoms with Gasteiger partial charge in [-0.25, -0.2) is 0 Å². The van der Waals surface area contributed by atoms with Gasteiger partial charge in [0.25, 0.3) is 0 Å². The molecule has 0 fully saturated rings. The van der Waals surface area contributed by atoms with Crippen molar-refractivity contribution in [2.45, 2.75) is 39.3 Å². The molecule has 2 heteroatoms. The van der Waals surface area contributed by atoms with Gasteiger partial charge in [0.15, 0.2) is 0 Å². The Balaban J connectivity index is 2.79. The molecule has 0 aliphatic heterocycles. The molecule has 1 atom stereocenters. The number of amides is 1. The molecule has 0 bridgehead atoms. The Morgan fingerprint density at radius 3 is 2.53 bits per heavy atom. The van der Waals surface area contributed by atoms with Crippen LogP contribution in [0, 0.1) is 0 Å². The molecule has 0 aromatic heterocycles. The van der Waals surface area contributed by atoms with E-state index in [9.17, 15) is 4.79 Å². The molecule has 1 amide bonds. The highest BCUT2D eigenvalue weighted by Gasteiger charge is 2.17. The minimum atomic E-state index is 0.104. The van der Waals surface area contributed by atoms with Crippen LogP contribution in [0.15, 0.2) is 43.0 Å². The second-order valence-electron chi connectivity index (χ2n) is 4.22. The maximum absolute atomic E-state index is 11.7. The number of rotatable bonds is 6. The van der Waals surface area contributed by atoms with Gasteiger partial charge in [0.1, 0.15) is 0 Å². The third-order valence-corrected chi connectivity index (χ3v) is 2.86. The van der Waals surface area contributed by atoms with Crippen molar-refractivity contribution in [3.05, 3.63) is 48.6 Å². The zero-order valence-electron chi connectivity index (χ0n) is 10.7. The van der Waals surface area contributed by atoms with E-state index < -0.39 is 0 Å². The van der Waals surface area contributed by atoms with Gasteiger partial charge in [-0.15, -0.1) is 6.58 Å². The maximum atomic E-state index is 11.7. The molecule has 1 unspecified atom stereocenters. The minimum absolute atomic E-state index is 0.104. The second-order valence-corrected chi connectivity index (χ2v) is 4.22. The molecular formula is C15H21NO. The second kappa shape index (κ2) is 6.89. The van der Waals surface area contributed by atoms with Crippen molar-refractivity contribution in [3.8, 4) is 0 Å². The van der Waals surface area contributed by atoms with Crippen molar-refractivity contribution in [1.29, 1.82) is 0 Å². The molecule has 0 aliphatic rings. The Morgan fingerprint density at radius 2 is 2.06 bits per heavy atom. The van der Waals surface area contributed by atoms with Crippen LogP contribution in [0.3, 0.4) is 0 Å². The first-order valence-corrected chi connectivity index (χ1v) is 6.12. The summed E-state index contributed by atoms with van der Waals surface area (Å²) in [6.45, 7) is 8.23. The molecule has 0 saturated heterocycles. The highest BCUT2D eigenvalue weighted by atomic mass is 16.2. The summed E-state index contributed by atoms with van der Waals surface area (Å²) in [6.07, 6.45) is 3.89. The van der Waals surface area contributed by atoms with Gasteiger partial charge in [-0.1, -0.05) is 49.8 Å². The first-order chi connectivity index (χ1) is 8.19. The Bertz CT molecular complexity index is 358. The maximum Gasteiger partial charge on any atom is 0.220 e. The molecule has 0 aliphatic carbocycles. The third-order valence-electron chi connectivity index (χ3n) is 2.86. The standard InChI is InChI=1S/C15H21NO/c1-4-9-15(5-2)16(13(3)17)12-14-10-7-6-8-11-14/h5-8,10-11,15H,2,4,9,12H2,1,3H3. The van der Waals surface area contributed by atoms with Gasteiger partial charge in [0.05, 0.1) is 6.04 Å². The normalized spacial score (nSPS) is 11.9. The quantitative estimate of drug-likeness (QED) is 0.687. The lowest BCUT2D eigenvalue weighted by atomic mass is 10.1. The van der Waals surface area contributed by atoms with Crippen molar-refractivity contribution >= 4 is 5.91 Å². The Hall–Kier alpha value is -1.57. The Morgan fingerprint density at radius 1 is 1.41 bits per heavy atom. The predicted octanol–water partition coefficient (Wildman–Crippen LogP) is 3.39. The summed E-state index contributed by atoms with van der Waals surface area (Å²) in [7, 11) is 0. The van der Waals surface area contributed by atoms with Gasteiger partial charge in [0, 0.05) is 13.5 Å².